The van der Waals surface area contributed by atoms with Gasteiger partial charge in [-0.15, -0.1) is 0 Å². The molecule has 0 spiro atoms. The molecule has 1 aliphatic carbocycles. The molecular formula is C21H25ClN2O3S. The van der Waals surface area contributed by atoms with E-state index < -0.39 is 14.6 Å². The highest BCUT2D eigenvalue weighted by molar-refractivity contribution is 7.92. The standard InChI is InChI=1S/C21H25ClN2O3S/c1-14-12-24(17-8-9-17)19(18(14)15-4-6-16(22)7-5-15)20(25)23-10-11-28(26,27)21(2,3)13-23/h4-7,12,17H,8-11,13H2,1-3H3. The lowest BCUT2D eigenvalue weighted by atomic mass is 10.0. The van der Waals surface area contributed by atoms with Gasteiger partial charge in [0.25, 0.3) is 5.91 Å². The number of carbonyl (C=O) groups is 1. The van der Waals surface area contributed by atoms with E-state index in [1.165, 1.54) is 0 Å². The van der Waals surface area contributed by atoms with E-state index in [4.69, 9.17) is 11.6 Å². The molecule has 0 unspecified atom stereocenters. The molecule has 1 amide bonds. The maximum absolute atomic E-state index is 13.6. The smallest absolute Gasteiger partial charge is 0.271 e. The highest BCUT2D eigenvalue weighted by Gasteiger charge is 2.43. The Morgan fingerprint density at radius 3 is 2.39 bits per heavy atom. The van der Waals surface area contributed by atoms with Crippen molar-refractivity contribution in [3.05, 3.63) is 46.7 Å². The number of aryl methyl sites for hydroxylation is 1. The fourth-order valence-corrected chi connectivity index (χ4v) is 5.45. The normalized spacial score (nSPS) is 20.9. The van der Waals surface area contributed by atoms with E-state index in [9.17, 15) is 13.2 Å². The molecule has 0 N–H and O–H groups in total. The van der Waals surface area contributed by atoms with Crippen LogP contribution in [0, 0.1) is 6.92 Å². The summed E-state index contributed by atoms with van der Waals surface area (Å²) < 4.78 is 25.9. The number of hydrogen-bond acceptors (Lipinski definition) is 3. The molecule has 1 saturated heterocycles. The van der Waals surface area contributed by atoms with Crippen LogP contribution in [0.5, 0.6) is 0 Å². The average Bonchev–Trinajstić information content (AvgIpc) is 3.41. The minimum absolute atomic E-state index is 0.00510. The van der Waals surface area contributed by atoms with E-state index in [1.807, 2.05) is 31.2 Å². The predicted octanol–water partition coefficient (Wildman–Crippen LogP) is 4.10. The van der Waals surface area contributed by atoms with Gasteiger partial charge in [0, 0.05) is 35.9 Å². The number of amides is 1. The van der Waals surface area contributed by atoms with E-state index in [0.717, 1.165) is 29.5 Å². The second-order valence-electron chi connectivity index (χ2n) is 8.49. The molecule has 1 saturated carbocycles. The van der Waals surface area contributed by atoms with Crippen molar-refractivity contribution in [2.75, 3.05) is 18.8 Å². The maximum atomic E-state index is 13.6. The van der Waals surface area contributed by atoms with Crippen LogP contribution in [-0.2, 0) is 9.84 Å². The van der Waals surface area contributed by atoms with Crippen LogP contribution < -0.4 is 0 Å². The summed E-state index contributed by atoms with van der Waals surface area (Å²) >= 11 is 6.05. The van der Waals surface area contributed by atoms with Gasteiger partial charge in [0.2, 0.25) is 0 Å². The van der Waals surface area contributed by atoms with Crippen LogP contribution in [0.1, 0.15) is 48.8 Å². The first kappa shape index (κ1) is 19.5. The molecule has 4 rings (SSSR count). The zero-order valence-corrected chi connectivity index (χ0v) is 18.0. The predicted molar refractivity (Wildman–Crippen MR) is 112 cm³/mol. The molecule has 5 nitrogen and oxygen atoms in total. The van der Waals surface area contributed by atoms with Crippen LogP contribution in [0.4, 0.5) is 0 Å². The molecule has 0 atom stereocenters. The molecule has 2 fully saturated rings. The molecule has 2 aliphatic rings. The molecule has 2 aromatic rings. The van der Waals surface area contributed by atoms with Crippen molar-refractivity contribution < 1.29 is 13.2 Å². The SMILES string of the molecule is Cc1cn(C2CC2)c(C(=O)N2CCS(=O)(=O)C(C)(C)C2)c1-c1ccc(Cl)cc1. The quantitative estimate of drug-likeness (QED) is 0.751. The summed E-state index contributed by atoms with van der Waals surface area (Å²) in [6.07, 6.45) is 4.18. The van der Waals surface area contributed by atoms with Crippen molar-refractivity contribution in [1.82, 2.24) is 9.47 Å². The van der Waals surface area contributed by atoms with E-state index in [-0.39, 0.29) is 24.7 Å². The molecule has 0 bridgehead atoms. The van der Waals surface area contributed by atoms with E-state index in [1.54, 1.807) is 18.7 Å². The van der Waals surface area contributed by atoms with Gasteiger partial charge < -0.3 is 9.47 Å². The van der Waals surface area contributed by atoms with Crippen LogP contribution >= 0.6 is 11.6 Å². The topological polar surface area (TPSA) is 59.4 Å². The average molecular weight is 421 g/mol. The van der Waals surface area contributed by atoms with Crippen molar-refractivity contribution in [2.24, 2.45) is 0 Å². The lowest BCUT2D eigenvalue weighted by molar-refractivity contribution is 0.0733. The van der Waals surface area contributed by atoms with E-state index in [2.05, 4.69) is 10.8 Å². The first-order valence-electron chi connectivity index (χ1n) is 9.60. The third-order valence-corrected chi connectivity index (χ3v) is 8.61. The summed E-state index contributed by atoms with van der Waals surface area (Å²) in [6.45, 7) is 5.87. The minimum atomic E-state index is -3.20. The number of hydrogen-bond donors (Lipinski definition) is 0. The largest absolute Gasteiger partial charge is 0.340 e. The van der Waals surface area contributed by atoms with Crippen molar-refractivity contribution in [3.8, 4) is 11.1 Å². The Bertz CT molecular complexity index is 1030. The number of aromatic nitrogens is 1. The second-order valence-corrected chi connectivity index (χ2v) is 11.7. The van der Waals surface area contributed by atoms with Gasteiger partial charge >= 0.3 is 0 Å². The zero-order valence-electron chi connectivity index (χ0n) is 16.4. The van der Waals surface area contributed by atoms with Gasteiger partial charge in [-0.3, -0.25) is 4.79 Å². The molecule has 2 heterocycles. The Morgan fingerprint density at radius 1 is 1.18 bits per heavy atom. The van der Waals surface area contributed by atoms with Gasteiger partial charge in [0.15, 0.2) is 9.84 Å². The van der Waals surface area contributed by atoms with Gasteiger partial charge in [0.1, 0.15) is 5.69 Å². The van der Waals surface area contributed by atoms with Crippen LogP contribution in [0.15, 0.2) is 30.5 Å². The van der Waals surface area contributed by atoms with Crippen molar-refractivity contribution in [2.45, 2.75) is 44.4 Å². The monoisotopic (exact) mass is 420 g/mol. The third kappa shape index (κ3) is 3.26. The van der Waals surface area contributed by atoms with Crippen LogP contribution in [-0.4, -0.2) is 47.4 Å². The van der Waals surface area contributed by atoms with Crippen molar-refractivity contribution >= 4 is 27.3 Å². The van der Waals surface area contributed by atoms with Gasteiger partial charge in [-0.1, -0.05) is 23.7 Å². The van der Waals surface area contributed by atoms with Crippen LogP contribution in [0.2, 0.25) is 5.02 Å². The molecule has 28 heavy (non-hydrogen) atoms. The van der Waals surface area contributed by atoms with Crippen molar-refractivity contribution in [1.29, 1.82) is 0 Å². The Balaban J connectivity index is 1.78. The molecule has 1 aliphatic heterocycles. The molecule has 0 radical (unpaired) electrons. The minimum Gasteiger partial charge on any atom is -0.340 e. The molecule has 150 valence electrons. The maximum Gasteiger partial charge on any atom is 0.271 e. The van der Waals surface area contributed by atoms with Crippen LogP contribution in [0.3, 0.4) is 0 Å². The van der Waals surface area contributed by atoms with Gasteiger partial charge in [-0.25, -0.2) is 8.42 Å². The molecular weight excluding hydrogens is 396 g/mol. The van der Waals surface area contributed by atoms with E-state index >= 15 is 0 Å². The second kappa shape index (κ2) is 6.63. The number of nitrogens with zero attached hydrogens (tertiary/aromatic N) is 2. The molecule has 1 aromatic carbocycles. The lowest BCUT2D eigenvalue weighted by Gasteiger charge is -2.37. The summed E-state index contributed by atoms with van der Waals surface area (Å²) in [6, 6.07) is 7.87. The summed E-state index contributed by atoms with van der Waals surface area (Å²) in [4.78, 5) is 15.3. The number of carbonyl (C=O) groups excluding carboxylic acids is 1. The Hall–Kier alpha value is -1.79. The lowest BCUT2D eigenvalue weighted by Crippen LogP contribution is -2.54. The van der Waals surface area contributed by atoms with Crippen LogP contribution in [0.25, 0.3) is 11.1 Å². The van der Waals surface area contributed by atoms with Crippen molar-refractivity contribution in [3.63, 3.8) is 0 Å². The van der Waals surface area contributed by atoms with E-state index in [0.29, 0.717) is 16.8 Å². The first-order chi connectivity index (χ1) is 13.1. The van der Waals surface area contributed by atoms with Gasteiger partial charge in [0.05, 0.1) is 10.5 Å². The molecule has 1 aromatic heterocycles. The number of rotatable bonds is 3. The third-order valence-electron chi connectivity index (χ3n) is 5.83. The fraction of sp³-hybridized carbons (Fsp3) is 0.476. The summed E-state index contributed by atoms with van der Waals surface area (Å²) in [5, 5.41) is 0.652. The number of benzene rings is 1. The summed E-state index contributed by atoms with van der Waals surface area (Å²) in [5.74, 6) is -0.0848. The summed E-state index contributed by atoms with van der Waals surface area (Å²) in [7, 11) is -3.20. The fourth-order valence-electron chi connectivity index (χ4n) is 3.96. The highest BCUT2D eigenvalue weighted by atomic mass is 35.5. The van der Waals surface area contributed by atoms with Gasteiger partial charge in [-0.05, 0) is 56.9 Å². The first-order valence-corrected chi connectivity index (χ1v) is 11.6. The number of sulfone groups is 1. The van der Waals surface area contributed by atoms with Gasteiger partial charge in [-0.2, -0.15) is 0 Å². The Labute approximate surface area is 171 Å². The zero-order chi connectivity index (χ0) is 20.3. The Kier molecular flexibility index (Phi) is 4.62. The Morgan fingerprint density at radius 2 is 1.82 bits per heavy atom. The number of halogens is 1. The molecule has 7 heteroatoms. The highest BCUT2D eigenvalue weighted by Crippen LogP contribution is 2.41. The summed E-state index contributed by atoms with van der Waals surface area (Å²) in [5.41, 5.74) is 3.58.